The lowest BCUT2D eigenvalue weighted by Crippen LogP contribution is -2.37. The standard InChI is InChI=1S/C15H22N2O5S/c1-11-7-8-13(17(19)20)9-15(11)23(21,22)16-10-14(18)12-5-3-2-4-6-12/h7-9,12,14,16,18H,2-6,10H2,1H3. The Kier molecular flexibility index (Phi) is 5.72. The van der Waals surface area contributed by atoms with E-state index in [4.69, 9.17) is 0 Å². The summed E-state index contributed by atoms with van der Waals surface area (Å²) in [6.45, 7) is 1.50. The Balaban J connectivity index is 2.09. The van der Waals surface area contributed by atoms with Crippen LogP contribution in [0.15, 0.2) is 23.1 Å². The van der Waals surface area contributed by atoms with E-state index in [0.29, 0.717) is 5.56 Å². The van der Waals surface area contributed by atoms with Gasteiger partial charge in [-0.1, -0.05) is 25.3 Å². The number of benzene rings is 1. The molecule has 23 heavy (non-hydrogen) atoms. The molecule has 1 aliphatic carbocycles. The number of nitrogens with zero attached hydrogens (tertiary/aromatic N) is 1. The highest BCUT2D eigenvalue weighted by Crippen LogP contribution is 2.27. The molecule has 0 amide bonds. The van der Waals surface area contributed by atoms with Crippen molar-refractivity contribution in [2.75, 3.05) is 6.54 Å². The summed E-state index contributed by atoms with van der Waals surface area (Å²) in [4.78, 5) is 10.1. The molecule has 1 aromatic rings. The molecular weight excluding hydrogens is 320 g/mol. The van der Waals surface area contributed by atoms with Crippen molar-refractivity contribution >= 4 is 15.7 Å². The SMILES string of the molecule is Cc1ccc([N+](=O)[O-])cc1S(=O)(=O)NCC(O)C1CCCCC1. The molecule has 1 fully saturated rings. The van der Waals surface area contributed by atoms with E-state index < -0.39 is 21.1 Å². The largest absolute Gasteiger partial charge is 0.391 e. The van der Waals surface area contributed by atoms with Crippen molar-refractivity contribution < 1.29 is 18.4 Å². The Bertz CT molecular complexity index is 668. The summed E-state index contributed by atoms with van der Waals surface area (Å²) in [6.07, 6.45) is 4.33. The first kappa shape index (κ1) is 17.8. The van der Waals surface area contributed by atoms with Crippen LogP contribution in [0.5, 0.6) is 0 Å². The quantitative estimate of drug-likeness (QED) is 0.608. The zero-order valence-electron chi connectivity index (χ0n) is 13.1. The van der Waals surface area contributed by atoms with Gasteiger partial charge in [-0.3, -0.25) is 10.1 Å². The number of nitrogens with one attached hydrogen (secondary N) is 1. The molecule has 1 aromatic carbocycles. The second kappa shape index (κ2) is 7.37. The number of nitro benzene ring substituents is 1. The van der Waals surface area contributed by atoms with E-state index in [1.54, 1.807) is 6.92 Å². The summed E-state index contributed by atoms with van der Waals surface area (Å²) in [7, 11) is -3.90. The summed E-state index contributed by atoms with van der Waals surface area (Å²) in [5, 5.41) is 21.0. The van der Waals surface area contributed by atoms with Crippen LogP contribution in [0.1, 0.15) is 37.7 Å². The molecule has 0 spiro atoms. The topological polar surface area (TPSA) is 110 Å². The first-order chi connectivity index (χ1) is 10.8. The number of hydrogen-bond donors (Lipinski definition) is 2. The second-order valence-electron chi connectivity index (χ2n) is 6.02. The normalized spacial score (nSPS) is 17.8. The Morgan fingerprint density at radius 2 is 2.00 bits per heavy atom. The molecule has 7 nitrogen and oxygen atoms in total. The van der Waals surface area contributed by atoms with Gasteiger partial charge in [0.15, 0.2) is 0 Å². The minimum Gasteiger partial charge on any atom is -0.391 e. The monoisotopic (exact) mass is 342 g/mol. The highest BCUT2D eigenvalue weighted by molar-refractivity contribution is 7.89. The summed E-state index contributed by atoms with van der Waals surface area (Å²) in [6, 6.07) is 3.72. The Morgan fingerprint density at radius 1 is 1.35 bits per heavy atom. The van der Waals surface area contributed by atoms with Gasteiger partial charge in [0.25, 0.3) is 5.69 Å². The minimum absolute atomic E-state index is 0.0743. The van der Waals surface area contributed by atoms with E-state index in [9.17, 15) is 23.6 Å². The van der Waals surface area contributed by atoms with Gasteiger partial charge in [-0.25, -0.2) is 13.1 Å². The second-order valence-corrected chi connectivity index (χ2v) is 7.76. The van der Waals surface area contributed by atoms with Crippen molar-refractivity contribution in [3.63, 3.8) is 0 Å². The number of non-ortho nitro benzene ring substituents is 1. The lowest BCUT2D eigenvalue weighted by atomic mass is 9.85. The third-order valence-corrected chi connectivity index (χ3v) is 5.91. The van der Waals surface area contributed by atoms with Crippen LogP contribution in [0.3, 0.4) is 0 Å². The molecule has 128 valence electrons. The van der Waals surface area contributed by atoms with Crippen LogP contribution in [-0.2, 0) is 10.0 Å². The van der Waals surface area contributed by atoms with E-state index in [1.165, 1.54) is 12.1 Å². The van der Waals surface area contributed by atoms with E-state index in [-0.39, 0.29) is 23.0 Å². The zero-order chi connectivity index (χ0) is 17.0. The predicted octanol–water partition coefficient (Wildman–Crippen LogP) is 2.12. The van der Waals surface area contributed by atoms with Crippen molar-refractivity contribution in [2.24, 2.45) is 5.92 Å². The van der Waals surface area contributed by atoms with Crippen molar-refractivity contribution in [1.29, 1.82) is 0 Å². The molecule has 2 rings (SSSR count). The molecule has 1 unspecified atom stereocenters. The Morgan fingerprint density at radius 3 is 2.61 bits per heavy atom. The van der Waals surface area contributed by atoms with Crippen LogP contribution in [0.4, 0.5) is 5.69 Å². The van der Waals surface area contributed by atoms with Gasteiger partial charge >= 0.3 is 0 Å². The fourth-order valence-electron chi connectivity index (χ4n) is 2.95. The molecule has 0 bridgehead atoms. The van der Waals surface area contributed by atoms with E-state index >= 15 is 0 Å². The first-order valence-electron chi connectivity index (χ1n) is 7.74. The molecule has 0 aliphatic heterocycles. The minimum atomic E-state index is -3.90. The highest BCUT2D eigenvalue weighted by Gasteiger charge is 2.25. The molecule has 8 heteroatoms. The Hall–Kier alpha value is -1.51. The molecule has 0 radical (unpaired) electrons. The average molecular weight is 342 g/mol. The zero-order valence-corrected chi connectivity index (χ0v) is 13.9. The summed E-state index contributed by atoms with van der Waals surface area (Å²) in [5.74, 6) is 0.109. The lowest BCUT2D eigenvalue weighted by Gasteiger charge is -2.26. The van der Waals surface area contributed by atoms with Gasteiger partial charge < -0.3 is 5.11 Å². The summed E-state index contributed by atoms with van der Waals surface area (Å²) in [5.41, 5.74) is 0.152. The van der Waals surface area contributed by atoms with Gasteiger partial charge in [0, 0.05) is 18.7 Å². The molecule has 0 saturated heterocycles. The van der Waals surface area contributed by atoms with Crippen molar-refractivity contribution in [2.45, 2.75) is 50.0 Å². The smallest absolute Gasteiger partial charge is 0.270 e. The maximum absolute atomic E-state index is 12.4. The van der Waals surface area contributed by atoms with Crippen LogP contribution < -0.4 is 4.72 Å². The molecule has 0 heterocycles. The molecule has 1 atom stereocenters. The molecular formula is C15H22N2O5S. The molecule has 0 aromatic heterocycles. The number of aliphatic hydroxyl groups is 1. The average Bonchev–Trinajstić information content (AvgIpc) is 2.53. The third-order valence-electron chi connectivity index (χ3n) is 4.35. The Labute approximate surface area is 135 Å². The number of hydrogen-bond acceptors (Lipinski definition) is 5. The maximum atomic E-state index is 12.4. The molecule has 1 aliphatic rings. The van der Waals surface area contributed by atoms with Crippen LogP contribution in [0, 0.1) is 23.0 Å². The summed E-state index contributed by atoms with van der Waals surface area (Å²) < 4.78 is 27.1. The van der Waals surface area contributed by atoms with Gasteiger partial charge in [-0.05, 0) is 31.2 Å². The fourth-order valence-corrected chi connectivity index (χ4v) is 4.26. The van der Waals surface area contributed by atoms with E-state index in [2.05, 4.69) is 4.72 Å². The first-order valence-corrected chi connectivity index (χ1v) is 9.22. The van der Waals surface area contributed by atoms with Crippen LogP contribution in [-0.4, -0.2) is 31.1 Å². The van der Waals surface area contributed by atoms with Gasteiger partial charge in [0.1, 0.15) is 0 Å². The van der Waals surface area contributed by atoms with Crippen LogP contribution in [0.2, 0.25) is 0 Å². The molecule has 1 saturated carbocycles. The number of rotatable bonds is 6. The third kappa shape index (κ3) is 4.49. The number of sulfonamides is 1. The van der Waals surface area contributed by atoms with Gasteiger partial charge in [-0.15, -0.1) is 0 Å². The number of aliphatic hydroxyl groups excluding tert-OH is 1. The van der Waals surface area contributed by atoms with Gasteiger partial charge in [0.2, 0.25) is 10.0 Å². The van der Waals surface area contributed by atoms with Gasteiger partial charge in [0.05, 0.1) is 15.9 Å². The predicted molar refractivity (Wildman–Crippen MR) is 85.6 cm³/mol. The van der Waals surface area contributed by atoms with Crippen LogP contribution >= 0.6 is 0 Å². The lowest BCUT2D eigenvalue weighted by molar-refractivity contribution is -0.385. The summed E-state index contributed by atoms with van der Waals surface area (Å²) >= 11 is 0. The van der Waals surface area contributed by atoms with E-state index in [0.717, 1.165) is 38.2 Å². The molecule has 2 N–H and O–H groups in total. The highest BCUT2D eigenvalue weighted by atomic mass is 32.2. The van der Waals surface area contributed by atoms with Crippen molar-refractivity contribution in [3.05, 3.63) is 33.9 Å². The van der Waals surface area contributed by atoms with Crippen molar-refractivity contribution in [1.82, 2.24) is 4.72 Å². The number of aryl methyl sites for hydroxylation is 1. The van der Waals surface area contributed by atoms with Crippen molar-refractivity contribution in [3.8, 4) is 0 Å². The van der Waals surface area contributed by atoms with Crippen LogP contribution in [0.25, 0.3) is 0 Å². The number of nitro groups is 1. The maximum Gasteiger partial charge on any atom is 0.270 e. The van der Waals surface area contributed by atoms with Gasteiger partial charge in [-0.2, -0.15) is 0 Å². The fraction of sp³-hybridized carbons (Fsp3) is 0.600. The van der Waals surface area contributed by atoms with E-state index in [1.807, 2.05) is 0 Å².